The third-order valence-electron chi connectivity index (χ3n) is 3.06. The van der Waals surface area contributed by atoms with Crippen molar-refractivity contribution in [3.05, 3.63) is 29.8 Å². The first-order valence-corrected chi connectivity index (χ1v) is 7.07. The number of nitrogens with two attached hydrogens (primary N) is 1. The normalized spacial score (nSPS) is 14.1. The highest BCUT2D eigenvalue weighted by molar-refractivity contribution is 5.36. The standard InChI is InChI=1S/C15H26N2O2/c1-4-9-14(19-6-3)15(17-16)12-10-7-8-11-13(12)18-5-2/h7-8,10-11,14-15,17H,4-6,9,16H2,1-3H3. The molecule has 0 saturated carbocycles. The van der Waals surface area contributed by atoms with Crippen molar-refractivity contribution in [2.75, 3.05) is 13.2 Å². The Kier molecular flexibility index (Phi) is 7.48. The van der Waals surface area contributed by atoms with Gasteiger partial charge < -0.3 is 9.47 Å². The van der Waals surface area contributed by atoms with Crippen LogP contribution in [0.25, 0.3) is 0 Å². The second-order valence-electron chi connectivity index (χ2n) is 4.40. The maximum atomic E-state index is 5.82. The number of nitrogens with one attached hydrogen (secondary N) is 1. The summed E-state index contributed by atoms with van der Waals surface area (Å²) in [5.74, 6) is 6.61. The van der Waals surface area contributed by atoms with Crippen LogP contribution in [0, 0.1) is 0 Å². The van der Waals surface area contributed by atoms with Crippen molar-refractivity contribution in [3.8, 4) is 5.75 Å². The van der Waals surface area contributed by atoms with Gasteiger partial charge in [-0.25, -0.2) is 0 Å². The molecule has 0 aromatic heterocycles. The first-order valence-electron chi connectivity index (χ1n) is 7.07. The Labute approximate surface area is 116 Å². The van der Waals surface area contributed by atoms with E-state index in [0.29, 0.717) is 13.2 Å². The third kappa shape index (κ3) is 4.49. The minimum Gasteiger partial charge on any atom is -0.494 e. The van der Waals surface area contributed by atoms with E-state index in [-0.39, 0.29) is 12.1 Å². The molecule has 0 bridgehead atoms. The van der Waals surface area contributed by atoms with Crippen LogP contribution in [0.5, 0.6) is 5.75 Å². The van der Waals surface area contributed by atoms with Gasteiger partial charge in [0, 0.05) is 12.2 Å². The monoisotopic (exact) mass is 266 g/mol. The van der Waals surface area contributed by atoms with Gasteiger partial charge in [-0.05, 0) is 26.3 Å². The molecular weight excluding hydrogens is 240 g/mol. The highest BCUT2D eigenvalue weighted by Crippen LogP contribution is 2.29. The number of hydrogen-bond acceptors (Lipinski definition) is 4. The lowest BCUT2D eigenvalue weighted by molar-refractivity contribution is 0.0269. The smallest absolute Gasteiger partial charge is 0.124 e. The predicted molar refractivity (Wildman–Crippen MR) is 78.0 cm³/mol. The summed E-state index contributed by atoms with van der Waals surface area (Å²) in [6, 6.07) is 7.92. The molecule has 3 N–H and O–H groups in total. The Bertz CT molecular complexity index is 352. The topological polar surface area (TPSA) is 56.5 Å². The molecule has 1 aromatic carbocycles. The molecule has 19 heavy (non-hydrogen) atoms. The van der Waals surface area contributed by atoms with Crippen molar-refractivity contribution in [1.82, 2.24) is 5.43 Å². The van der Waals surface area contributed by atoms with Crippen molar-refractivity contribution in [3.63, 3.8) is 0 Å². The van der Waals surface area contributed by atoms with Crippen LogP contribution in [0.1, 0.15) is 45.2 Å². The molecule has 2 unspecified atom stereocenters. The molecule has 4 heteroatoms. The van der Waals surface area contributed by atoms with Gasteiger partial charge in [0.1, 0.15) is 5.75 Å². The molecule has 0 aliphatic heterocycles. The number of ether oxygens (including phenoxy) is 2. The summed E-state index contributed by atoms with van der Waals surface area (Å²) in [7, 11) is 0. The summed E-state index contributed by atoms with van der Waals surface area (Å²) in [4.78, 5) is 0. The molecule has 0 saturated heterocycles. The van der Waals surface area contributed by atoms with Crippen molar-refractivity contribution >= 4 is 0 Å². The van der Waals surface area contributed by atoms with Crippen LogP contribution in [0.3, 0.4) is 0 Å². The lowest BCUT2D eigenvalue weighted by atomic mass is 9.97. The average molecular weight is 266 g/mol. The van der Waals surface area contributed by atoms with Crippen LogP contribution in [0.2, 0.25) is 0 Å². The van der Waals surface area contributed by atoms with Crippen LogP contribution in [0.15, 0.2) is 24.3 Å². The van der Waals surface area contributed by atoms with E-state index in [1.54, 1.807) is 0 Å². The van der Waals surface area contributed by atoms with Crippen molar-refractivity contribution in [2.24, 2.45) is 5.84 Å². The Morgan fingerprint density at radius 1 is 1.16 bits per heavy atom. The largest absolute Gasteiger partial charge is 0.494 e. The van der Waals surface area contributed by atoms with Crippen LogP contribution < -0.4 is 16.0 Å². The van der Waals surface area contributed by atoms with Crippen molar-refractivity contribution in [2.45, 2.75) is 45.8 Å². The van der Waals surface area contributed by atoms with E-state index < -0.39 is 0 Å². The van der Waals surface area contributed by atoms with E-state index in [2.05, 4.69) is 12.3 Å². The zero-order valence-corrected chi connectivity index (χ0v) is 12.2. The van der Waals surface area contributed by atoms with Crippen LogP contribution in [-0.2, 0) is 4.74 Å². The Morgan fingerprint density at radius 2 is 1.89 bits per heavy atom. The van der Waals surface area contributed by atoms with Crippen molar-refractivity contribution in [1.29, 1.82) is 0 Å². The number of hydrogen-bond donors (Lipinski definition) is 2. The molecular formula is C15H26N2O2. The SMILES string of the molecule is CCCC(OCC)C(NN)c1ccccc1OCC. The highest BCUT2D eigenvalue weighted by atomic mass is 16.5. The van der Waals surface area contributed by atoms with Gasteiger partial charge in [0.15, 0.2) is 0 Å². The summed E-state index contributed by atoms with van der Waals surface area (Å²) in [5, 5.41) is 0. The molecule has 2 atom stereocenters. The molecule has 0 amide bonds. The van der Waals surface area contributed by atoms with Gasteiger partial charge in [-0.1, -0.05) is 31.5 Å². The van der Waals surface area contributed by atoms with Crippen LogP contribution in [0.4, 0.5) is 0 Å². The van der Waals surface area contributed by atoms with Crippen molar-refractivity contribution < 1.29 is 9.47 Å². The zero-order chi connectivity index (χ0) is 14.1. The third-order valence-corrected chi connectivity index (χ3v) is 3.06. The molecule has 0 heterocycles. The van der Waals surface area contributed by atoms with E-state index in [4.69, 9.17) is 15.3 Å². The minimum absolute atomic E-state index is 0.0531. The van der Waals surface area contributed by atoms with Gasteiger partial charge >= 0.3 is 0 Å². The summed E-state index contributed by atoms with van der Waals surface area (Å²) < 4.78 is 11.5. The van der Waals surface area contributed by atoms with E-state index >= 15 is 0 Å². The number of benzene rings is 1. The number of rotatable bonds is 9. The van der Waals surface area contributed by atoms with Gasteiger partial charge in [0.25, 0.3) is 0 Å². The second-order valence-corrected chi connectivity index (χ2v) is 4.40. The quantitative estimate of drug-likeness (QED) is 0.533. The summed E-state index contributed by atoms with van der Waals surface area (Å²) >= 11 is 0. The lowest BCUT2D eigenvalue weighted by Gasteiger charge is -2.28. The maximum absolute atomic E-state index is 5.82. The number of hydrazine groups is 1. The van der Waals surface area contributed by atoms with Gasteiger partial charge in [-0.15, -0.1) is 0 Å². The van der Waals surface area contributed by atoms with Crippen LogP contribution >= 0.6 is 0 Å². The highest BCUT2D eigenvalue weighted by Gasteiger charge is 2.24. The number of para-hydroxylation sites is 1. The van der Waals surface area contributed by atoms with E-state index in [1.807, 2.05) is 38.1 Å². The van der Waals surface area contributed by atoms with Gasteiger partial charge in [0.05, 0.1) is 18.8 Å². The Hall–Kier alpha value is -1.10. The molecule has 0 aliphatic carbocycles. The fourth-order valence-electron chi connectivity index (χ4n) is 2.27. The molecule has 0 aliphatic rings. The molecule has 1 rings (SSSR count). The van der Waals surface area contributed by atoms with E-state index in [1.165, 1.54) is 0 Å². The zero-order valence-electron chi connectivity index (χ0n) is 12.2. The van der Waals surface area contributed by atoms with E-state index in [0.717, 1.165) is 24.2 Å². The molecule has 0 radical (unpaired) electrons. The van der Waals surface area contributed by atoms with Gasteiger partial charge in [-0.2, -0.15) is 0 Å². The molecule has 0 spiro atoms. The fraction of sp³-hybridized carbons (Fsp3) is 0.600. The van der Waals surface area contributed by atoms with E-state index in [9.17, 15) is 0 Å². The molecule has 0 fully saturated rings. The first kappa shape index (κ1) is 16.0. The molecule has 1 aromatic rings. The molecule has 108 valence electrons. The summed E-state index contributed by atoms with van der Waals surface area (Å²) in [6.07, 6.45) is 2.07. The predicted octanol–water partition coefficient (Wildman–Crippen LogP) is 2.79. The summed E-state index contributed by atoms with van der Waals surface area (Å²) in [6.45, 7) is 7.45. The summed E-state index contributed by atoms with van der Waals surface area (Å²) in [5.41, 5.74) is 3.94. The Morgan fingerprint density at radius 3 is 2.47 bits per heavy atom. The Balaban J connectivity index is 2.99. The first-order chi connectivity index (χ1) is 9.28. The molecule has 4 nitrogen and oxygen atoms in total. The second kappa shape index (κ2) is 8.91. The van der Waals surface area contributed by atoms with Gasteiger partial charge in [0.2, 0.25) is 0 Å². The average Bonchev–Trinajstić information content (AvgIpc) is 2.42. The fourth-order valence-corrected chi connectivity index (χ4v) is 2.27. The lowest BCUT2D eigenvalue weighted by Crippen LogP contribution is -2.38. The minimum atomic E-state index is -0.0531. The van der Waals surface area contributed by atoms with Gasteiger partial charge in [-0.3, -0.25) is 11.3 Å². The maximum Gasteiger partial charge on any atom is 0.124 e. The van der Waals surface area contributed by atoms with Crippen LogP contribution in [-0.4, -0.2) is 19.3 Å².